The summed E-state index contributed by atoms with van der Waals surface area (Å²) in [5.41, 5.74) is 1.63. The van der Waals surface area contributed by atoms with Crippen molar-refractivity contribution in [1.29, 1.82) is 0 Å². The zero-order valence-electron chi connectivity index (χ0n) is 10.6. The number of nitrogens with one attached hydrogen (secondary N) is 1. The van der Waals surface area contributed by atoms with Crippen LogP contribution in [-0.2, 0) is 11.3 Å². The molecule has 0 unspecified atom stereocenters. The molecule has 4 heteroatoms. The fourth-order valence-corrected chi connectivity index (χ4v) is 2.74. The number of hydrogen-bond donors (Lipinski definition) is 1. The van der Waals surface area contributed by atoms with E-state index in [-0.39, 0.29) is 0 Å². The van der Waals surface area contributed by atoms with Crippen molar-refractivity contribution >= 4 is 27.5 Å². The van der Waals surface area contributed by atoms with Gasteiger partial charge in [-0.25, -0.2) is 0 Å². The molecule has 0 aliphatic carbocycles. The molecule has 1 aliphatic rings. The summed E-state index contributed by atoms with van der Waals surface area (Å²) in [6.45, 7) is 6.04. The van der Waals surface area contributed by atoms with Crippen molar-refractivity contribution in [2.45, 2.75) is 26.3 Å². The van der Waals surface area contributed by atoms with Crippen LogP contribution in [0.1, 0.15) is 25.3 Å². The summed E-state index contributed by atoms with van der Waals surface area (Å²) in [6.07, 6.45) is 2.29. The second kappa shape index (κ2) is 6.38. The number of hydrogen-bond acceptors (Lipinski definition) is 2. The van der Waals surface area contributed by atoms with E-state index in [1.54, 1.807) is 0 Å². The molecule has 0 atom stereocenters. The fourth-order valence-electron chi connectivity index (χ4n) is 2.20. The van der Waals surface area contributed by atoms with Gasteiger partial charge in [0.15, 0.2) is 0 Å². The Bertz CT molecular complexity index is 405. The Morgan fingerprint density at radius 2 is 2.11 bits per heavy atom. The van der Waals surface area contributed by atoms with Gasteiger partial charge in [0, 0.05) is 30.8 Å². The molecule has 0 radical (unpaired) electrons. The van der Waals surface area contributed by atoms with E-state index >= 15 is 0 Å². The topological polar surface area (TPSA) is 21.3 Å². The molecule has 1 N–H and O–H groups in total. The summed E-state index contributed by atoms with van der Waals surface area (Å²) in [5.74, 6) is 0. The van der Waals surface area contributed by atoms with E-state index in [2.05, 4.69) is 40.3 Å². The molecule has 1 aromatic carbocycles. The van der Waals surface area contributed by atoms with Gasteiger partial charge in [-0.1, -0.05) is 24.6 Å². The second-order valence-corrected chi connectivity index (χ2v) is 6.54. The van der Waals surface area contributed by atoms with E-state index in [0.29, 0.717) is 5.41 Å². The molecule has 0 aromatic heterocycles. The van der Waals surface area contributed by atoms with Crippen molar-refractivity contribution in [2.75, 3.05) is 19.8 Å². The highest BCUT2D eigenvalue weighted by molar-refractivity contribution is 9.10. The van der Waals surface area contributed by atoms with Gasteiger partial charge in [-0.05, 0) is 51.9 Å². The predicted molar refractivity (Wildman–Crippen MR) is 79.0 cm³/mol. The van der Waals surface area contributed by atoms with Crippen molar-refractivity contribution in [1.82, 2.24) is 5.32 Å². The van der Waals surface area contributed by atoms with E-state index in [4.69, 9.17) is 16.3 Å². The lowest BCUT2D eigenvalue weighted by Crippen LogP contribution is -2.36. The van der Waals surface area contributed by atoms with Gasteiger partial charge in [-0.15, -0.1) is 0 Å². The molecule has 1 heterocycles. The maximum Gasteiger partial charge on any atom is 0.0548 e. The number of benzene rings is 1. The molecule has 1 aromatic rings. The minimum absolute atomic E-state index is 0.377. The molecule has 0 saturated carbocycles. The molecule has 0 amide bonds. The van der Waals surface area contributed by atoms with Gasteiger partial charge in [-0.3, -0.25) is 0 Å². The van der Waals surface area contributed by atoms with Gasteiger partial charge in [-0.2, -0.15) is 0 Å². The zero-order valence-corrected chi connectivity index (χ0v) is 13.0. The maximum atomic E-state index is 5.98. The summed E-state index contributed by atoms with van der Waals surface area (Å²) >= 11 is 9.43. The van der Waals surface area contributed by atoms with Gasteiger partial charge in [0.1, 0.15) is 0 Å². The lowest BCUT2D eigenvalue weighted by Gasteiger charge is -2.33. The highest BCUT2D eigenvalue weighted by Gasteiger charge is 2.26. The Morgan fingerprint density at radius 3 is 2.78 bits per heavy atom. The zero-order chi connectivity index (χ0) is 13.0. The molecule has 100 valence electrons. The largest absolute Gasteiger partial charge is 0.381 e. The Kier molecular flexibility index (Phi) is 5.07. The summed E-state index contributed by atoms with van der Waals surface area (Å²) in [4.78, 5) is 0. The average molecular weight is 333 g/mol. The van der Waals surface area contributed by atoms with Crippen LogP contribution in [0.3, 0.4) is 0 Å². The van der Waals surface area contributed by atoms with Crippen molar-refractivity contribution in [2.24, 2.45) is 5.41 Å². The Labute approximate surface area is 122 Å². The summed E-state index contributed by atoms with van der Waals surface area (Å²) in [5, 5.41) is 4.30. The standard InChI is InChI=1S/C14H19BrClNO/c1-14(4-6-18-7-5-14)10-17-9-11-2-3-13(16)12(15)8-11/h2-3,8,17H,4-7,9-10H2,1H3. The van der Waals surface area contributed by atoms with Gasteiger partial charge in [0.25, 0.3) is 0 Å². The van der Waals surface area contributed by atoms with E-state index in [1.807, 2.05) is 6.07 Å². The number of halogens is 2. The fraction of sp³-hybridized carbons (Fsp3) is 0.571. The van der Waals surface area contributed by atoms with Crippen LogP contribution in [-0.4, -0.2) is 19.8 Å². The summed E-state index contributed by atoms with van der Waals surface area (Å²) < 4.78 is 6.37. The van der Waals surface area contributed by atoms with E-state index in [9.17, 15) is 0 Å². The lowest BCUT2D eigenvalue weighted by molar-refractivity contribution is 0.0240. The molecular formula is C14H19BrClNO. The molecule has 0 bridgehead atoms. The summed E-state index contributed by atoms with van der Waals surface area (Å²) in [6, 6.07) is 6.06. The third-order valence-electron chi connectivity index (χ3n) is 3.56. The van der Waals surface area contributed by atoms with Crippen LogP contribution < -0.4 is 5.32 Å². The molecule has 18 heavy (non-hydrogen) atoms. The SMILES string of the molecule is CC1(CNCc2ccc(Cl)c(Br)c2)CCOCC1. The van der Waals surface area contributed by atoms with Crippen molar-refractivity contribution < 1.29 is 4.74 Å². The third kappa shape index (κ3) is 3.95. The quantitative estimate of drug-likeness (QED) is 0.899. The average Bonchev–Trinajstić information content (AvgIpc) is 2.34. The Hall–Kier alpha value is -0.0900. The molecule has 1 fully saturated rings. The first-order chi connectivity index (χ1) is 8.59. The minimum Gasteiger partial charge on any atom is -0.381 e. The lowest BCUT2D eigenvalue weighted by atomic mass is 9.82. The third-order valence-corrected chi connectivity index (χ3v) is 4.78. The maximum absolute atomic E-state index is 5.98. The van der Waals surface area contributed by atoms with E-state index in [0.717, 1.165) is 48.6 Å². The van der Waals surface area contributed by atoms with E-state index in [1.165, 1.54) is 5.56 Å². The molecule has 2 rings (SSSR count). The van der Waals surface area contributed by atoms with Crippen LogP contribution in [0.2, 0.25) is 5.02 Å². The van der Waals surface area contributed by atoms with E-state index < -0.39 is 0 Å². The molecule has 2 nitrogen and oxygen atoms in total. The first-order valence-corrected chi connectivity index (χ1v) is 7.49. The van der Waals surface area contributed by atoms with Crippen molar-refractivity contribution in [3.63, 3.8) is 0 Å². The van der Waals surface area contributed by atoms with Crippen LogP contribution in [0, 0.1) is 5.41 Å². The molecule has 1 aliphatic heterocycles. The van der Waals surface area contributed by atoms with Gasteiger partial charge < -0.3 is 10.1 Å². The minimum atomic E-state index is 0.377. The first-order valence-electron chi connectivity index (χ1n) is 6.31. The van der Waals surface area contributed by atoms with Gasteiger partial charge in [0.2, 0.25) is 0 Å². The first kappa shape index (κ1) is 14.3. The molecular weight excluding hydrogens is 314 g/mol. The van der Waals surface area contributed by atoms with Crippen molar-refractivity contribution in [3.8, 4) is 0 Å². The van der Waals surface area contributed by atoms with Crippen LogP contribution in [0.5, 0.6) is 0 Å². The summed E-state index contributed by atoms with van der Waals surface area (Å²) in [7, 11) is 0. The van der Waals surface area contributed by atoms with Gasteiger partial charge in [0.05, 0.1) is 5.02 Å². The molecule has 1 saturated heterocycles. The highest BCUT2D eigenvalue weighted by Crippen LogP contribution is 2.29. The number of rotatable bonds is 4. The van der Waals surface area contributed by atoms with Crippen LogP contribution in [0.4, 0.5) is 0 Å². The predicted octanol–water partition coefficient (Wildman–Crippen LogP) is 4.01. The Morgan fingerprint density at radius 1 is 1.39 bits per heavy atom. The van der Waals surface area contributed by atoms with Gasteiger partial charge >= 0.3 is 0 Å². The van der Waals surface area contributed by atoms with Crippen molar-refractivity contribution in [3.05, 3.63) is 33.3 Å². The Balaban J connectivity index is 1.82. The second-order valence-electron chi connectivity index (χ2n) is 5.28. The number of ether oxygens (including phenoxy) is 1. The highest BCUT2D eigenvalue weighted by atomic mass is 79.9. The van der Waals surface area contributed by atoms with Crippen LogP contribution in [0.25, 0.3) is 0 Å². The van der Waals surface area contributed by atoms with Crippen LogP contribution >= 0.6 is 27.5 Å². The molecule has 0 spiro atoms. The van der Waals surface area contributed by atoms with Crippen LogP contribution in [0.15, 0.2) is 22.7 Å². The smallest absolute Gasteiger partial charge is 0.0548 e. The monoisotopic (exact) mass is 331 g/mol. The normalized spacial score (nSPS) is 18.8.